The van der Waals surface area contributed by atoms with Gasteiger partial charge in [-0.2, -0.15) is 0 Å². The molecule has 3 aliphatic rings. The van der Waals surface area contributed by atoms with E-state index in [4.69, 9.17) is 28.4 Å². The minimum absolute atomic E-state index is 0.107. The molecule has 3 aromatic heterocycles. The molecule has 0 unspecified atom stereocenters. The number of carbonyl (C=O) groups is 4. The Morgan fingerprint density at radius 3 is 2.43 bits per heavy atom. The van der Waals surface area contributed by atoms with Gasteiger partial charge in [0.05, 0.1) is 48.2 Å². The number of ketones is 1. The summed E-state index contributed by atoms with van der Waals surface area (Å²) in [4.78, 5) is 74.7. The normalized spacial score (nSPS) is 34.3. The number of hydrogen-bond acceptors (Lipinski definition) is 15. The average Bonchev–Trinajstić information content (AvgIpc) is 3.84. The molecule has 0 saturated carbocycles. The number of amides is 1. The van der Waals surface area contributed by atoms with Crippen LogP contribution in [0.15, 0.2) is 61.7 Å². The number of imidazole rings is 1. The maximum absolute atomic E-state index is 15.0. The van der Waals surface area contributed by atoms with Crippen molar-refractivity contribution in [2.45, 2.75) is 161 Å². The first-order valence-electron chi connectivity index (χ1n) is 23.8. The fourth-order valence-electron chi connectivity index (χ4n) is 10.8. The summed E-state index contributed by atoms with van der Waals surface area (Å²) in [7, 11) is 3.41. The summed E-state index contributed by atoms with van der Waals surface area (Å²) < 4.78 is 40.7. The van der Waals surface area contributed by atoms with Crippen LogP contribution in [-0.4, -0.2) is 146 Å². The van der Waals surface area contributed by atoms with Crippen molar-refractivity contribution < 1.29 is 52.7 Å². The highest BCUT2D eigenvalue weighted by atomic mass is 16.7. The highest BCUT2D eigenvalue weighted by molar-refractivity contribution is 5.85. The molecule has 0 radical (unpaired) electrons. The second kappa shape index (κ2) is 22.1. The second-order valence-corrected chi connectivity index (χ2v) is 19.3. The lowest BCUT2D eigenvalue weighted by Crippen LogP contribution is -2.61. The summed E-state index contributed by atoms with van der Waals surface area (Å²) in [5, 5.41) is 11.9. The Balaban J connectivity index is 1.37. The van der Waals surface area contributed by atoms with Crippen LogP contribution in [-0.2, 0) is 55.8 Å². The summed E-state index contributed by atoms with van der Waals surface area (Å²) in [6, 6.07) is 7.77. The molecule has 3 fully saturated rings. The Kier molecular flexibility index (Phi) is 17.0. The van der Waals surface area contributed by atoms with Gasteiger partial charge in [-0.25, -0.2) is 14.8 Å². The van der Waals surface area contributed by atoms with Crippen LogP contribution in [0.3, 0.4) is 0 Å². The van der Waals surface area contributed by atoms with E-state index in [0.717, 1.165) is 11.2 Å². The molecule has 1 N–H and O–H groups in total. The number of methoxy groups -OCH3 is 1. The van der Waals surface area contributed by atoms with Crippen molar-refractivity contribution in [3.8, 4) is 0 Å². The van der Waals surface area contributed by atoms with Crippen LogP contribution in [0.5, 0.6) is 0 Å². The zero-order valence-corrected chi connectivity index (χ0v) is 40.9. The van der Waals surface area contributed by atoms with E-state index >= 15 is 4.79 Å². The van der Waals surface area contributed by atoms with Gasteiger partial charge in [0, 0.05) is 62.9 Å². The fraction of sp³-hybridized carbons (Fsp3) is 0.660. The van der Waals surface area contributed by atoms with Crippen molar-refractivity contribution >= 4 is 35.0 Å². The molecule has 3 aromatic rings. The third-order valence-corrected chi connectivity index (χ3v) is 14.4. The third kappa shape index (κ3) is 11.2. The van der Waals surface area contributed by atoms with Crippen LogP contribution in [0, 0.1) is 23.7 Å². The van der Waals surface area contributed by atoms with Crippen LogP contribution in [0.4, 0.5) is 4.79 Å². The zero-order chi connectivity index (χ0) is 48.8. The monoisotopic (exact) mass is 933 g/mol. The summed E-state index contributed by atoms with van der Waals surface area (Å²) in [5.41, 5.74) is -0.733. The van der Waals surface area contributed by atoms with Crippen molar-refractivity contribution in [1.82, 2.24) is 29.3 Å². The molecule has 67 heavy (non-hydrogen) atoms. The van der Waals surface area contributed by atoms with Crippen molar-refractivity contribution in [1.29, 1.82) is 0 Å². The minimum atomic E-state index is -1.45. The van der Waals surface area contributed by atoms with Gasteiger partial charge >= 0.3 is 18.0 Å². The van der Waals surface area contributed by atoms with Crippen molar-refractivity contribution in [2.24, 2.45) is 23.7 Å². The first-order valence-corrected chi connectivity index (χ1v) is 23.8. The van der Waals surface area contributed by atoms with E-state index in [1.54, 1.807) is 75.6 Å². The van der Waals surface area contributed by atoms with Crippen molar-refractivity contribution in [3.05, 3.63) is 67.4 Å². The molecule has 14 atom stereocenters. The number of hydrogen-bond donors (Lipinski definition) is 1. The second-order valence-electron chi connectivity index (χ2n) is 19.3. The van der Waals surface area contributed by atoms with Gasteiger partial charge in [-0.3, -0.25) is 24.3 Å². The first kappa shape index (κ1) is 51.6. The number of pyridine rings is 2. The van der Waals surface area contributed by atoms with Gasteiger partial charge in [-0.15, -0.1) is 6.58 Å². The van der Waals surface area contributed by atoms with Crippen LogP contribution in [0.1, 0.15) is 93.2 Å². The first-order chi connectivity index (χ1) is 31.9. The largest absolute Gasteiger partial charge is 0.461 e. The van der Waals surface area contributed by atoms with Crippen LogP contribution in [0.25, 0.3) is 11.2 Å². The Morgan fingerprint density at radius 1 is 1.01 bits per heavy atom. The number of likely N-dealkylation sites (N-methyl/N-ethyl adjacent to an activating group) is 1. The van der Waals surface area contributed by atoms with Gasteiger partial charge in [0.25, 0.3) is 0 Å². The highest BCUT2D eigenvalue weighted by Crippen LogP contribution is 2.44. The van der Waals surface area contributed by atoms with Crippen LogP contribution in [0.2, 0.25) is 0 Å². The van der Waals surface area contributed by atoms with Gasteiger partial charge in [-0.1, -0.05) is 39.8 Å². The molecule has 0 spiro atoms. The predicted molar refractivity (Wildman–Crippen MR) is 248 cm³/mol. The van der Waals surface area contributed by atoms with E-state index in [1.165, 1.54) is 7.11 Å². The van der Waals surface area contributed by atoms with Crippen molar-refractivity contribution in [3.63, 3.8) is 0 Å². The average molecular weight is 933 g/mol. The molecule has 0 aliphatic carbocycles. The molecular formula is C50H72N6O11. The number of aliphatic hydroxyl groups is 1. The van der Waals surface area contributed by atoms with Gasteiger partial charge in [-0.05, 0) is 91.1 Å². The van der Waals surface area contributed by atoms with E-state index in [1.807, 2.05) is 56.3 Å². The number of nitrogens with zero attached hydrogens (tertiary/aromatic N) is 6. The summed E-state index contributed by atoms with van der Waals surface area (Å²) in [6.45, 7) is 19.6. The van der Waals surface area contributed by atoms with Gasteiger partial charge in [0.15, 0.2) is 17.5 Å². The van der Waals surface area contributed by atoms with Gasteiger partial charge < -0.3 is 43.0 Å². The number of fused-ring (bicyclic) bond motifs is 2. The Bertz CT molecular complexity index is 2180. The Morgan fingerprint density at radius 2 is 1.75 bits per heavy atom. The molecule has 1 amide bonds. The smallest absolute Gasteiger partial charge is 0.410 e. The molecule has 17 nitrogen and oxygen atoms in total. The summed E-state index contributed by atoms with van der Waals surface area (Å²) >= 11 is 0. The van der Waals surface area contributed by atoms with Crippen LogP contribution < -0.4 is 0 Å². The van der Waals surface area contributed by atoms with Gasteiger partial charge in [0.2, 0.25) is 0 Å². The molecule has 0 bridgehead atoms. The predicted octanol–water partition coefficient (Wildman–Crippen LogP) is 5.95. The number of aromatic nitrogens is 4. The molecular weight excluding hydrogens is 861 g/mol. The molecule has 0 aromatic carbocycles. The van der Waals surface area contributed by atoms with E-state index in [0.29, 0.717) is 38.0 Å². The maximum atomic E-state index is 15.0. The lowest BCUT2D eigenvalue weighted by Gasteiger charge is -2.48. The molecule has 6 heterocycles. The highest BCUT2D eigenvalue weighted by Gasteiger charge is 2.60. The quantitative estimate of drug-likeness (QED) is 0.0813. The number of Topliss-reactive ketones (excluding diaryl/α,β-unsaturated/α-hetero) is 1. The standard InChI is InChI=1S/C50H72N6O11/c1-12-23-54(10)37-26-31(4)63-47(41(37)59)66-44-33(6)42(65-39(57)27-35-19-14-15-21-51-35)34(7)46(60)64-38(13-2)50(9)43(32(5)40(58)30(3)28-49(44,8)62-11)56(48(61)67-50)25-17-16-24-55-29-53-36-20-18-22-52-45(36)55/h12,14-15,18-22,29-34,37-38,41-44,47,59H,1,13,16-17,23-28H2,2-11H3/t30-,31-,32+,33+,34-,37+,38-,41-,42+,43-,44-,47+,49-,50-/m1/s1. The van der Waals surface area contributed by atoms with E-state index in [9.17, 15) is 19.5 Å². The third-order valence-electron chi connectivity index (χ3n) is 14.4. The molecule has 368 valence electrons. The summed E-state index contributed by atoms with van der Waals surface area (Å²) in [6.07, 6.45) is 2.28. The van der Waals surface area contributed by atoms with E-state index < -0.39 is 89.7 Å². The number of carbonyl (C=O) groups excluding carboxylic acids is 4. The number of ether oxygens (including phenoxy) is 6. The lowest BCUT2D eigenvalue weighted by atomic mass is 9.73. The topological polar surface area (TPSA) is 194 Å². The number of aliphatic hydroxyl groups excluding tert-OH is 1. The lowest BCUT2D eigenvalue weighted by molar-refractivity contribution is -0.302. The minimum Gasteiger partial charge on any atom is -0.461 e. The zero-order valence-electron chi connectivity index (χ0n) is 40.9. The number of esters is 2. The molecule has 3 saturated heterocycles. The van der Waals surface area contributed by atoms with Crippen LogP contribution >= 0.6 is 0 Å². The number of unbranched alkanes of at least 4 members (excludes halogenated alkanes) is 1. The number of rotatable bonds is 15. The SMILES string of the molecule is C=CCN(C)[C@H]1C[C@@H](C)O[C@@H](O[C@@H]2[C@@H](C)[C@H](OC(=O)Cc3ccccn3)[C@@H](C)C(=O)O[C@H](CC)[C@@]3(C)OC(=O)N(CCCCn4cnc5cccnc54)[C@@H]3[C@@H](C)C(=O)[C@H](C)C[C@@]2(C)OC)[C@@H]1O. The molecule has 6 rings (SSSR count). The number of aryl methyl sites for hydroxylation is 1. The Labute approximate surface area is 394 Å². The maximum Gasteiger partial charge on any atom is 0.410 e. The molecule has 3 aliphatic heterocycles. The fourth-order valence-corrected chi connectivity index (χ4v) is 10.8. The Hall–Kier alpha value is -4.81. The van der Waals surface area contributed by atoms with Crippen molar-refractivity contribution in [2.75, 3.05) is 27.2 Å². The van der Waals surface area contributed by atoms with E-state index in [2.05, 4.69) is 21.5 Å². The van der Waals surface area contributed by atoms with E-state index in [-0.39, 0.29) is 43.7 Å². The summed E-state index contributed by atoms with van der Waals surface area (Å²) in [5.74, 6) is -4.92. The van der Waals surface area contributed by atoms with Gasteiger partial charge in [0.1, 0.15) is 29.6 Å². The molecule has 17 heteroatoms. The number of cyclic esters (lactones) is 1.